The number of fused-ring (bicyclic) bond motifs is 2. The van der Waals surface area contributed by atoms with Crippen LogP contribution in [-0.2, 0) is 32.4 Å². The smallest absolute Gasteiger partial charge is 0.347 e. The van der Waals surface area contributed by atoms with Gasteiger partial charge in [-0.3, -0.25) is 13.6 Å². The van der Waals surface area contributed by atoms with Crippen LogP contribution in [0.2, 0.25) is 10.4 Å². The van der Waals surface area contributed by atoms with Crippen LogP contribution in [0.5, 0.6) is 0 Å². The molecule has 0 amide bonds. The number of phosphoric acid groups is 1. The number of hydrogen-bond acceptors (Lipinski definition) is 9. The number of hydrogen-bond donors (Lipinski definition) is 3. The molecule has 4 rings (SSSR count). The third-order valence-electron chi connectivity index (χ3n) is 4.69. The van der Waals surface area contributed by atoms with Crippen LogP contribution < -0.4 is 0 Å². The van der Waals surface area contributed by atoms with Gasteiger partial charge in [0.15, 0.2) is 18.4 Å². The first kappa shape index (κ1) is 24.5. The van der Waals surface area contributed by atoms with Crippen LogP contribution in [0.4, 0.5) is 0 Å². The third-order valence-corrected chi connectivity index (χ3v) is 6.75. The fraction of sp³-hybridized carbons (Fsp3) is 0.600. The van der Waals surface area contributed by atoms with Gasteiger partial charge in [0.1, 0.15) is 29.1 Å². The molecule has 32 heavy (non-hydrogen) atoms. The van der Waals surface area contributed by atoms with Gasteiger partial charge in [0.25, 0.3) is 0 Å². The third kappa shape index (κ3) is 5.20. The summed E-state index contributed by atoms with van der Waals surface area (Å²) in [5.41, 5.74) is 0.381. The summed E-state index contributed by atoms with van der Waals surface area (Å²) in [5.74, 6) is -0.983. The lowest BCUT2D eigenvalue weighted by atomic mass is 10.1. The van der Waals surface area contributed by atoms with Crippen LogP contribution in [0, 0.1) is 0 Å². The maximum absolute atomic E-state index is 12.0. The van der Waals surface area contributed by atoms with Crippen molar-refractivity contribution in [1.29, 1.82) is 0 Å². The molecule has 0 aromatic carbocycles. The van der Waals surface area contributed by atoms with E-state index >= 15 is 0 Å². The molecule has 2 saturated heterocycles. The summed E-state index contributed by atoms with van der Waals surface area (Å²) in [6, 6.07) is 1.68. The molecule has 2 aromatic rings. The lowest BCUT2D eigenvalue weighted by molar-refractivity contribution is -0.199. The fourth-order valence-corrected chi connectivity index (χ4v) is 5.58. The second kappa shape index (κ2) is 8.53. The Morgan fingerprint density at radius 1 is 1.16 bits per heavy atom. The Morgan fingerprint density at radius 3 is 2.53 bits per heavy atom. The number of halogens is 2. The number of rotatable bonds is 7. The van der Waals surface area contributed by atoms with Gasteiger partial charge in [-0.2, -0.15) is 4.98 Å². The van der Waals surface area contributed by atoms with Gasteiger partial charge in [-0.05, 0) is 31.5 Å². The van der Waals surface area contributed by atoms with Crippen molar-refractivity contribution in [3.05, 3.63) is 22.7 Å². The van der Waals surface area contributed by atoms with Crippen molar-refractivity contribution in [2.45, 2.75) is 44.2 Å². The van der Waals surface area contributed by atoms with Crippen molar-refractivity contribution in [3.8, 4) is 0 Å². The molecule has 0 saturated carbocycles. The van der Waals surface area contributed by atoms with Crippen LogP contribution in [0.15, 0.2) is 12.3 Å². The molecular formula is C15H19Cl2N3O10P2. The summed E-state index contributed by atoms with van der Waals surface area (Å²) in [6.45, 7) is 2.91. The monoisotopic (exact) mass is 533 g/mol. The zero-order chi connectivity index (χ0) is 23.5. The van der Waals surface area contributed by atoms with Gasteiger partial charge < -0.3 is 33.5 Å². The molecule has 13 nitrogen and oxygen atoms in total. The number of phosphoric ester groups is 1. The van der Waals surface area contributed by atoms with Crippen LogP contribution in [0.1, 0.15) is 20.1 Å². The van der Waals surface area contributed by atoms with Crippen LogP contribution >= 0.6 is 38.6 Å². The normalized spacial score (nSPS) is 29.3. The first-order valence-corrected chi connectivity index (χ1v) is 13.2. The van der Waals surface area contributed by atoms with Crippen molar-refractivity contribution in [1.82, 2.24) is 14.5 Å². The van der Waals surface area contributed by atoms with Crippen molar-refractivity contribution >= 4 is 49.7 Å². The predicted octanol–water partition coefficient (Wildman–Crippen LogP) is 2.42. The Bertz CT molecular complexity index is 1120. The molecule has 0 bridgehead atoms. The largest absolute Gasteiger partial charge is 0.472 e. The van der Waals surface area contributed by atoms with Gasteiger partial charge in [0.2, 0.25) is 5.28 Å². The second-order valence-corrected chi connectivity index (χ2v) is 11.3. The lowest BCUT2D eigenvalue weighted by Crippen LogP contribution is -2.32. The maximum Gasteiger partial charge on any atom is 0.472 e. The quantitative estimate of drug-likeness (QED) is 0.270. The molecule has 5 atom stereocenters. The summed E-state index contributed by atoms with van der Waals surface area (Å²) in [7, 11) is -9.44. The zero-order valence-electron chi connectivity index (χ0n) is 16.6. The van der Waals surface area contributed by atoms with Gasteiger partial charge in [0, 0.05) is 6.20 Å². The van der Waals surface area contributed by atoms with E-state index in [2.05, 4.69) is 14.5 Å². The highest BCUT2D eigenvalue weighted by atomic mass is 35.5. The van der Waals surface area contributed by atoms with Gasteiger partial charge in [-0.15, -0.1) is 0 Å². The predicted molar refractivity (Wildman–Crippen MR) is 109 cm³/mol. The molecule has 2 fully saturated rings. The molecule has 4 heterocycles. The lowest BCUT2D eigenvalue weighted by Gasteiger charge is -2.25. The highest BCUT2D eigenvalue weighted by molar-refractivity contribution is 7.53. The Balaban J connectivity index is 1.56. The van der Waals surface area contributed by atoms with Crippen LogP contribution in [0.25, 0.3) is 11.0 Å². The van der Waals surface area contributed by atoms with E-state index in [4.69, 9.17) is 51.7 Å². The summed E-state index contributed by atoms with van der Waals surface area (Å²) >= 11 is 12.1. The molecule has 0 aliphatic carbocycles. The second-order valence-electron chi connectivity index (χ2n) is 7.56. The Kier molecular flexibility index (Phi) is 6.52. The van der Waals surface area contributed by atoms with Gasteiger partial charge in [0.05, 0.1) is 12.0 Å². The number of nitrogens with zero attached hydrogens (tertiary/aromatic N) is 3. The highest BCUT2D eigenvalue weighted by Gasteiger charge is 2.56. The van der Waals surface area contributed by atoms with E-state index in [1.54, 1.807) is 30.7 Å². The SMILES string of the molecule is CC1(C)O[C@@H]2[C@H](O1)[C@@H](COP(=O)(O)OCP(=O)(O)O)O[C@H]2n1ccc2c(Cl)nc(Cl)nc21. The van der Waals surface area contributed by atoms with E-state index in [0.717, 1.165) is 0 Å². The molecule has 0 spiro atoms. The van der Waals surface area contributed by atoms with E-state index in [0.29, 0.717) is 11.0 Å². The van der Waals surface area contributed by atoms with Crippen molar-refractivity contribution in [2.75, 3.05) is 13.0 Å². The molecule has 2 aliphatic rings. The van der Waals surface area contributed by atoms with E-state index in [9.17, 15) is 14.0 Å². The van der Waals surface area contributed by atoms with E-state index < -0.39 is 58.7 Å². The standard InChI is InChI=1S/C15H19Cl2N3O10P2/c1-15(2)29-9-8(5-26-32(24,25)27-6-31(21,22)23)28-13(10(9)30-15)20-4-3-7-11(16)18-14(17)19-12(7)20/h3-4,8-10,13H,5-6H2,1-2H3,(H,24,25)(H2,21,22,23)/t8-,9-,10-,13-/m1/s1. The molecule has 1 unspecified atom stereocenters. The van der Waals surface area contributed by atoms with Crippen LogP contribution in [0.3, 0.4) is 0 Å². The Labute approximate surface area is 191 Å². The minimum Gasteiger partial charge on any atom is -0.347 e. The minimum atomic E-state index is -4.77. The molecular weight excluding hydrogens is 515 g/mol. The molecule has 17 heteroatoms. The molecule has 3 N–H and O–H groups in total. The molecule has 2 aromatic heterocycles. The summed E-state index contributed by atoms with van der Waals surface area (Å²) < 4.78 is 51.6. The maximum atomic E-state index is 12.0. The topological polar surface area (TPSA) is 172 Å². The summed E-state index contributed by atoms with van der Waals surface area (Å²) in [6.07, 6.45) is -2.66. The highest BCUT2D eigenvalue weighted by Crippen LogP contribution is 2.50. The van der Waals surface area contributed by atoms with Crippen LogP contribution in [-0.4, -0.2) is 66.3 Å². The average molecular weight is 534 g/mol. The molecule has 0 radical (unpaired) electrons. The van der Waals surface area contributed by atoms with Crippen molar-refractivity contribution < 1.29 is 47.1 Å². The van der Waals surface area contributed by atoms with E-state index in [-0.39, 0.29) is 10.4 Å². The number of aromatic nitrogens is 3. The van der Waals surface area contributed by atoms with Gasteiger partial charge in [-0.1, -0.05) is 11.6 Å². The molecule has 178 valence electrons. The Morgan fingerprint density at radius 2 is 1.84 bits per heavy atom. The zero-order valence-corrected chi connectivity index (χ0v) is 19.9. The van der Waals surface area contributed by atoms with E-state index in [1.807, 2.05) is 0 Å². The van der Waals surface area contributed by atoms with Crippen molar-refractivity contribution in [3.63, 3.8) is 0 Å². The first-order valence-electron chi connectivity index (χ1n) is 9.12. The molecule has 2 aliphatic heterocycles. The fourth-order valence-electron chi connectivity index (χ4n) is 3.55. The Hall–Kier alpha value is -0.660. The number of ether oxygens (including phenoxy) is 3. The van der Waals surface area contributed by atoms with Gasteiger partial charge in [-0.25, -0.2) is 9.55 Å². The van der Waals surface area contributed by atoms with Crippen molar-refractivity contribution in [2.24, 2.45) is 0 Å². The first-order chi connectivity index (χ1) is 14.7. The summed E-state index contributed by atoms with van der Waals surface area (Å²) in [5, 5.41) is 0.615. The average Bonchev–Trinajstić information content (AvgIpc) is 3.29. The van der Waals surface area contributed by atoms with Gasteiger partial charge >= 0.3 is 15.4 Å². The summed E-state index contributed by atoms with van der Waals surface area (Å²) in [4.78, 5) is 35.4. The van der Waals surface area contributed by atoms with E-state index in [1.165, 1.54) is 0 Å². The minimum absolute atomic E-state index is 0.0655.